The Balaban J connectivity index is 1.83. The average Bonchev–Trinajstić information content (AvgIpc) is 3.12. The predicted octanol–water partition coefficient (Wildman–Crippen LogP) is 3.25. The molecule has 0 bridgehead atoms. The van der Waals surface area contributed by atoms with E-state index in [2.05, 4.69) is 42.5 Å². The second kappa shape index (κ2) is 6.80. The number of thioether (sulfide) groups is 1. The lowest BCUT2D eigenvalue weighted by atomic mass is 10.2. The van der Waals surface area contributed by atoms with E-state index in [1.807, 2.05) is 11.8 Å². The molecule has 1 fully saturated rings. The molecule has 0 unspecified atom stereocenters. The summed E-state index contributed by atoms with van der Waals surface area (Å²) in [6.45, 7) is 2.01. The maximum atomic E-state index is 6.31. The van der Waals surface area contributed by atoms with Gasteiger partial charge in [0.25, 0.3) is 0 Å². The molecule has 0 heterocycles. The molecule has 0 amide bonds. The third-order valence-electron chi connectivity index (χ3n) is 2.96. The van der Waals surface area contributed by atoms with Gasteiger partial charge < -0.3 is 10.2 Å². The molecule has 2 rings (SSSR count). The largest absolute Gasteiger partial charge is 0.310 e. The fourth-order valence-corrected chi connectivity index (χ4v) is 3.06. The van der Waals surface area contributed by atoms with E-state index in [9.17, 15) is 0 Å². The van der Waals surface area contributed by atoms with Gasteiger partial charge in [-0.1, -0.05) is 17.7 Å². The van der Waals surface area contributed by atoms with Gasteiger partial charge in [-0.2, -0.15) is 0 Å². The molecule has 0 saturated heterocycles. The Kier molecular flexibility index (Phi) is 5.37. The number of halogens is 1. The van der Waals surface area contributed by atoms with Gasteiger partial charge in [0, 0.05) is 29.8 Å². The van der Waals surface area contributed by atoms with Crippen molar-refractivity contribution < 1.29 is 0 Å². The molecule has 0 aliphatic heterocycles. The lowest BCUT2D eigenvalue weighted by molar-refractivity contribution is 0.437. The summed E-state index contributed by atoms with van der Waals surface area (Å²) in [5, 5.41) is 4.39. The van der Waals surface area contributed by atoms with Crippen LogP contribution < -0.4 is 5.32 Å². The Hall–Kier alpha value is -0.220. The van der Waals surface area contributed by atoms with Gasteiger partial charge in [0.05, 0.1) is 5.02 Å². The molecule has 0 spiro atoms. The number of benzene rings is 1. The Morgan fingerprint density at radius 1 is 1.39 bits per heavy atom. The van der Waals surface area contributed by atoms with Crippen LogP contribution in [-0.4, -0.2) is 37.3 Å². The van der Waals surface area contributed by atoms with Crippen molar-refractivity contribution in [1.82, 2.24) is 10.2 Å². The molecule has 1 saturated carbocycles. The van der Waals surface area contributed by atoms with Gasteiger partial charge >= 0.3 is 0 Å². The third kappa shape index (κ3) is 4.81. The predicted molar refractivity (Wildman–Crippen MR) is 80.6 cm³/mol. The van der Waals surface area contributed by atoms with Crippen molar-refractivity contribution in [3.63, 3.8) is 0 Å². The van der Waals surface area contributed by atoms with Crippen LogP contribution in [0, 0.1) is 0 Å². The standard InChI is InChI=1S/C14H21ClN2S/c1-17(2)7-8-18-14-6-3-11(9-13(14)15)10-16-12-4-5-12/h3,6,9,12,16H,4-5,7-8,10H2,1-2H3. The molecule has 1 aliphatic rings. The molecule has 4 heteroatoms. The molecular weight excluding hydrogens is 264 g/mol. The zero-order valence-corrected chi connectivity index (χ0v) is 12.7. The summed E-state index contributed by atoms with van der Waals surface area (Å²) in [6, 6.07) is 7.17. The smallest absolute Gasteiger partial charge is 0.0545 e. The SMILES string of the molecule is CN(C)CCSc1ccc(CNC2CC2)cc1Cl. The summed E-state index contributed by atoms with van der Waals surface area (Å²) in [4.78, 5) is 3.38. The van der Waals surface area contributed by atoms with Gasteiger partial charge in [-0.3, -0.25) is 0 Å². The molecule has 1 aromatic carbocycles. The van der Waals surface area contributed by atoms with Crippen LogP contribution in [-0.2, 0) is 6.54 Å². The van der Waals surface area contributed by atoms with Crippen molar-refractivity contribution in [2.45, 2.75) is 30.3 Å². The molecule has 0 atom stereocenters. The molecular formula is C14H21ClN2S. The van der Waals surface area contributed by atoms with Crippen LogP contribution in [0.25, 0.3) is 0 Å². The van der Waals surface area contributed by atoms with Crippen molar-refractivity contribution >= 4 is 23.4 Å². The maximum Gasteiger partial charge on any atom is 0.0545 e. The van der Waals surface area contributed by atoms with Crippen LogP contribution in [0.2, 0.25) is 5.02 Å². The van der Waals surface area contributed by atoms with E-state index in [0.29, 0.717) is 0 Å². The maximum absolute atomic E-state index is 6.31. The number of hydrogen-bond acceptors (Lipinski definition) is 3. The monoisotopic (exact) mass is 284 g/mol. The van der Waals surface area contributed by atoms with E-state index in [0.717, 1.165) is 29.9 Å². The molecule has 2 nitrogen and oxygen atoms in total. The van der Waals surface area contributed by atoms with Crippen molar-refractivity contribution in [2.24, 2.45) is 0 Å². The van der Waals surface area contributed by atoms with E-state index in [1.165, 1.54) is 23.3 Å². The zero-order chi connectivity index (χ0) is 13.0. The second-order valence-corrected chi connectivity index (χ2v) is 6.62. The van der Waals surface area contributed by atoms with Gasteiger partial charge in [0.15, 0.2) is 0 Å². The minimum Gasteiger partial charge on any atom is -0.310 e. The van der Waals surface area contributed by atoms with E-state index in [4.69, 9.17) is 11.6 Å². The number of rotatable bonds is 7. The van der Waals surface area contributed by atoms with Gasteiger partial charge in [-0.05, 0) is 44.6 Å². The summed E-state index contributed by atoms with van der Waals surface area (Å²) in [5.74, 6) is 1.08. The van der Waals surface area contributed by atoms with Crippen LogP contribution in [0.15, 0.2) is 23.1 Å². The summed E-state index contributed by atoms with van der Waals surface area (Å²) in [5.41, 5.74) is 1.28. The molecule has 18 heavy (non-hydrogen) atoms. The first kappa shape index (κ1) is 14.2. The number of nitrogens with zero attached hydrogens (tertiary/aromatic N) is 1. The van der Waals surface area contributed by atoms with Crippen LogP contribution in [0.1, 0.15) is 18.4 Å². The van der Waals surface area contributed by atoms with Crippen LogP contribution in [0.3, 0.4) is 0 Å². The Bertz CT molecular complexity index is 391. The molecule has 0 aromatic heterocycles. The van der Waals surface area contributed by atoms with Crippen LogP contribution in [0.5, 0.6) is 0 Å². The lowest BCUT2D eigenvalue weighted by Crippen LogP contribution is -2.15. The van der Waals surface area contributed by atoms with E-state index in [-0.39, 0.29) is 0 Å². The average molecular weight is 285 g/mol. The Morgan fingerprint density at radius 2 is 2.17 bits per heavy atom. The quantitative estimate of drug-likeness (QED) is 0.774. The molecule has 100 valence electrons. The summed E-state index contributed by atoms with van der Waals surface area (Å²) < 4.78 is 0. The first-order chi connectivity index (χ1) is 8.65. The van der Waals surface area contributed by atoms with Crippen molar-refractivity contribution in [1.29, 1.82) is 0 Å². The van der Waals surface area contributed by atoms with Crippen molar-refractivity contribution in [3.05, 3.63) is 28.8 Å². The second-order valence-electron chi connectivity index (χ2n) is 5.07. The lowest BCUT2D eigenvalue weighted by Gasteiger charge is -2.10. The minimum absolute atomic E-state index is 0.748. The van der Waals surface area contributed by atoms with Crippen molar-refractivity contribution in [3.8, 4) is 0 Å². The van der Waals surface area contributed by atoms with E-state index in [1.54, 1.807) is 0 Å². The molecule has 1 aromatic rings. The highest BCUT2D eigenvalue weighted by Gasteiger charge is 2.19. The highest BCUT2D eigenvalue weighted by atomic mass is 35.5. The number of nitrogens with one attached hydrogen (secondary N) is 1. The van der Waals surface area contributed by atoms with Gasteiger partial charge in [-0.25, -0.2) is 0 Å². The highest BCUT2D eigenvalue weighted by molar-refractivity contribution is 7.99. The van der Waals surface area contributed by atoms with Gasteiger partial charge in [0.2, 0.25) is 0 Å². The fourth-order valence-electron chi connectivity index (χ4n) is 1.66. The first-order valence-electron chi connectivity index (χ1n) is 6.44. The van der Waals surface area contributed by atoms with Crippen LogP contribution >= 0.6 is 23.4 Å². The van der Waals surface area contributed by atoms with E-state index < -0.39 is 0 Å². The first-order valence-corrected chi connectivity index (χ1v) is 7.81. The zero-order valence-electron chi connectivity index (χ0n) is 11.1. The molecule has 1 aliphatic carbocycles. The summed E-state index contributed by atoms with van der Waals surface area (Å²) >= 11 is 8.14. The molecule has 0 radical (unpaired) electrons. The van der Waals surface area contributed by atoms with Crippen molar-refractivity contribution in [2.75, 3.05) is 26.4 Å². The Morgan fingerprint density at radius 3 is 2.78 bits per heavy atom. The third-order valence-corrected chi connectivity index (χ3v) is 4.44. The summed E-state index contributed by atoms with van der Waals surface area (Å²) in [7, 11) is 4.18. The van der Waals surface area contributed by atoms with E-state index >= 15 is 0 Å². The summed E-state index contributed by atoms with van der Waals surface area (Å²) in [6.07, 6.45) is 2.65. The van der Waals surface area contributed by atoms with Gasteiger partial charge in [0.1, 0.15) is 0 Å². The Labute approximate surface area is 119 Å². The topological polar surface area (TPSA) is 15.3 Å². The molecule has 1 N–H and O–H groups in total. The minimum atomic E-state index is 0.748. The normalized spacial score (nSPS) is 15.3. The fraction of sp³-hybridized carbons (Fsp3) is 0.571. The number of hydrogen-bond donors (Lipinski definition) is 1. The van der Waals surface area contributed by atoms with Gasteiger partial charge in [-0.15, -0.1) is 11.8 Å². The highest BCUT2D eigenvalue weighted by Crippen LogP contribution is 2.28. The van der Waals surface area contributed by atoms with Crippen LogP contribution in [0.4, 0.5) is 0 Å².